The molecule has 0 saturated heterocycles. The number of terminal acetylenes is 1. The van der Waals surface area contributed by atoms with Gasteiger partial charge < -0.3 is 4.74 Å². The van der Waals surface area contributed by atoms with Crippen LogP contribution in [0.3, 0.4) is 0 Å². The highest BCUT2D eigenvalue weighted by Crippen LogP contribution is 2.19. The van der Waals surface area contributed by atoms with Gasteiger partial charge in [0.1, 0.15) is 12.4 Å². The molecule has 0 heterocycles. The Morgan fingerprint density at radius 3 is 2.86 bits per heavy atom. The number of hydrogen-bond acceptors (Lipinski definition) is 1. The van der Waals surface area contributed by atoms with Crippen molar-refractivity contribution < 1.29 is 4.74 Å². The van der Waals surface area contributed by atoms with Gasteiger partial charge in [0.2, 0.25) is 0 Å². The second-order valence-electron chi connectivity index (χ2n) is 3.20. The smallest absolute Gasteiger partial charge is 0.148 e. The molecule has 0 atom stereocenters. The molecule has 1 aromatic rings. The quantitative estimate of drug-likeness (QED) is 0.645. The summed E-state index contributed by atoms with van der Waals surface area (Å²) in [5, 5.41) is 0. The maximum atomic E-state index is 5.45. The van der Waals surface area contributed by atoms with Crippen LogP contribution in [0.1, 0.15) is 25.3 Å². The predicted molar refractivity (Wildman–Crippen MR) is 59.4 cm³/mol. The Morgan fingerprint density at radius 2 is 2.14 bits per heavy atom. The number of rotatable bonds is 5. The molecule has 0 amide bonds. The minimum atomic E-state index is 0.350. The van der Waals surface area contributed by atoms with E-state index in [1.807, 2.05) is 18.2 Å². The minimum Gasteiger partial charge on any atom is -0.481 e. The van der Waals surface area contributed by atoms with Gasteiger partial charge in [0.15, 0.2) is 0 Å². The predicted octanol–water partition coefficient (Wildman–Crippen LogP) is 3.04. The van der Waals surface area contributed by atoms with Crippen LogP contribution in [0.4, 0.5) is 0 Å². The zero-order chi connectivity index (χ0) is 10.2. The standard InChI is InChI=1S/C13H16O/c1-3-5-8-12-9-6-7-10-13(12)14-11-4-2/h2,6-7,9-10H,3,5,8,11H2,1H3. The lowest BCUT2D eigenvalue weighted by Crippen LogP contribution is -1.97. The van der Waals surface area contributed by atoms with Crippen molar-refractivity contribution in [2.75, 3.05) is 6.61 Å². The van der Waals surface area contributed by atoms with Gasteiger partial charge in [-0.3, -0.25) is 0 Å². The Hall–Kier alpha value is -1.42. The molecule has 0 bridgehead atoms. The topological polar surface area (TPSA) is 9.23 Å². The minimum absolute atomic E-state index is 0.350. The molecule has 0 aliphatic heterocycles. The van der Waals surface area contributed by atoms with Crippen molar-refractivity contribution in [1.29, 1.82) is 0 Å². The summed E-state index contributed by atoms with van der Waals surface area (Å²) >= 11 is 0. The van der Waals surface area contributed by atoms with Crippen LogP contribution in [0, 0.1) is 12.3 Å². The van der Waals surface area contributed by atoms with Gasteiger partial charge in [-0.25, -0.2) is 0 Å². The fourth-order valence-corrected chi connectivity index (χ4v) is 1.34. The third-order valence-electron chi connectivity index (χ3n) is 2.08. The Balaban J connectivity index is 2.65. The van der Waals surface area contributed by atoms with E-state index >= 15 is 0 Å². The summed E-state index contributed by atoms with van der Waals surface area (Å²) in [4.78, 5) is 0. The molecular weight excluding hydrogens is 172 g/mol. The molecule has 0 aliphatic rings. The summed E-state index contributed by atoms with van der Waals surface area (Å²) in [6.45, 7) is 2.54. The zero-order valence-corrected chi connectivity index (χ0v) is 8.62. The van der Waals surface area contributed by atoms with Crippen molar-refractivity contribution in [3.63, 3.8) is 0 Å². The van der Waals surface area contributed by atoms with Crippen LogP contribution in [-0.2, 0) is 6.42 Å². The van der Waals surface area contributed by atoms with E-state index in [1.54, 1.807) is 0 Å². The highest BCUT2D eigenvalue weighted by atomic mass is 16.5. The van der Waals surface area contributed by atoms with Gasteiger partial charge in [0, 0.05) is 0 Å². The molecule has 0 spiro atoms. The Kier molecular flexibility index (Phi) is 4.64. The highest BCUT2D eigenvalue weighted by Gasteiger charge is 2.00. The molecule has 0 aromatic heterocycles. The number of benzene rings is 1. The number of unbranched alkanes of at least 4 members (excludes halogenated alkanes) is 1. The van der Waals surface area contributed by atoms with Gasteiger partial charge in [0.05, 0.1) is 0 Å². The van der Waals surface area contributed by atoms with Crippen LogP contribution in [-0.4, -0.2) is 6.61 Å². The molecule has 74 valence electrons. The molecule has 0 fully saturated rings. The molecule has 0 aliphatic carbocycles. The van der Waals surface area contributed by atoms with Gasteiger partial charge >= 0.3 is 0 Å². The summed E-state index contributed by atoms with van der Waals surface area (Å²) in [5.74, 6) is 3.41. The van der Waals surface area contributed by atoms with E-state index in [2.05, 4.69) is 18.9 Å². The number of para-hydroxylation sites is 1. The third kappa shape index (κ3) is 3.14. The van der Waals surface area contributed by atoms with Crippen molar-refractivity contribution in [3.05, 3.63) is 29.8 Å². The van der Waals surface area contributed by atoms with E-state index in [4.69, 9.17) is 11.2 Å². The average Bonchev–Trinajstić information content (AvgIpc) is 2.24. The molecule has 0 unspecified atom stereocenters. The lowest BCUT2D eigenvalue weighted by molar-refractivity contribution is 0.365. The highest BCUT2D eigenvalue weighted by molar-refractivity contribution is 5.33. The Morgan fingerprint density at radius 1 is 1.36 bits per heavy atom. The van der Waals surface area contributed by atoms with Gasteiger partial charge in [-0.15, -0.1) is 6.42 Å². The number of aryl methyl sites for hydroxylation is 1. The van der Waals surface area contributed by atoms with Crippen LogP contribution >= 0.6 is 0 Å². The summed E-state index contributed by atoms with van der Waals surface area (Å²) in [7, 11) is 0. The molecule has 0 saturated carbocycles. The van der Waals surface area contributed by atoms with Crippen LogP contribution in [0.25, 0.3) is 0 Å². The van der Waals surface area contributed by atoms with Crippen LogP contribution in [0.15, 0.2) is 24.3 Å². The fraction of sp³-hybridized carbons (Fsp3) is 0.385. The van der Waals surface area contributed by atoms with Gasteiger partial charge in [-0.2, -0.15) is 0 Å². The summed E-state index contributed by atoms with van der Waals surface area (Å²) in [6, 6.07) is 8.08. The SMILES string of the molecule is C#CCOc1ccccc1CCCC. The molecule has 14 heavy (non-hydrogen) atoms. The molecule has 1 aromatic carbocycles. The van der Waals surface area contributed by atoms with E-state index in [9.17, 15) is 0 Å². The monoisotopic (exact) mass is 188 g/mol. The van der Waals surface area contributed by atoms with Crippen molar-refractivity contribution >= 4 is 0 Å². The average molecular weight is 188 g/mol. The van der Waals surface area contributed by atoms with E-state index < -0.39 is 0 Å². The number of ether oxygens (including phenoxy) is 1. The van der Waals surface area contributed by atoms with Crippen molar-refractivity contribution in [3.8, 4) is 18.1 Å². The summed E-state index contributed by atoms with van der Waals surface area (Å²) in [6.07, 6.45) is 8.61. The first-order valence-electron chi connectivity index (χ1n) is 5.02. The lowest BCUT2D eigenvalue weighted by Gasteiger charge is -2.08. The molecular formula is C13H16O. The van der Waals surface area contributed by atoms with Crippen molar-refractivity contribution in [2.24, 2.45) is 0 Å². The van der Waals surface area contributed by atoms with E-state index in [-0.39, 0.29) is 0 Å². The van der Waals surface area contributed by atoms with E-state index in [0.29, 0.717) is 6.61 Å². The summed E-state index contributed by atoms with van der Waals surface area (Å²) in [5.41, 5.74) is 1.25. The van der Waals surface area contributed by atoms with Gasteiger partial charge in [-0.1, -0.05) is 37.5 Å². The van der Waals surface area contributed by atoms with E-state index in [1.165, 1.54) is 18.4 Å². The molecule has 0 radical (unpaired) electrons. The van der Waals surface area contributed by atoms with Crippen molar-refractivity contribution in [2.45, 2.75) is 26.2 Å². The maximum absolute atomic E-state index is 5.45. The lowest BCUT2D eigenvalue weighted by atomic mass is 10.1. The largest absolute Gasteiger partial charge is 0.481 e. The Bertz CT molecular complexity index is 309. The maximum Gasteiger partial charge on any atom is 0.148 e. The molecule has 1 heteroatoms. The fourth-order valence-electron chi connectivity index (χ4n) is 1.34. The molecule has 1 rings (SSSR count). The van der Waals surface area contributed by atoms with Crippen molar-refractivity contribution in [1.82, 2.24) is 0 Å². The zero-order valence-electron chi connectivity index (χ0n) is 8.62. The Labute approximate surface area is 86.1 Å². The second-order valence-corrected chi connectivity index (χ2v) is 3.20. The van der Waals surface area contributed by atoms with E-state index in [0.717, 1.165) is 12.2 Å². The van der Waals surface area contributed by atoms with Crippen LogP contribution < -0.4 is 4.74 Å². The third-order valence-corrected chi connectivity index (χ3v) is 2.08. The molecule has 1 nitrogen and oxygen atoms in total. The number of hydrogen-bond donors (Lipinski definition) is 0. The van der Waals surface area contributed by atoms with Crippen LogP contribution in [0.5, 0.6) is 5.75 Å². The first-order valence-corrected chi connectivity index (χ1v) is 5.02. The van der Waals surface area contributed by atoms with Gasteiger partial charge in [-0.05, 0) is 24.5 Å². The first kappa shape index (κ1) is 10.7. The normalized spacial score (nSPS) is 9.43. The van der Waals surface area contributed by atoms with Gasteiger partial charge in [0.25, 0.3) is 0 Å². The first-order chi connectivity index (χ1) is 6.88. The summed E-state index contributed by atoms with van der Waals surface area (Å²) < 4.78 is 5.45. The molecule has 0 N–H and O–H groups in total. The van der Waals surface area contributed by atoms with Crippen LogP contribution in [0.2, 0.25) is 0 Å². The second kappa shape index (κ2) is 6.10.